The Morgan fingerprint density at radius 1 is 0.633 bits per heavy atom. The quantitative estimate of drug-likeness (QED) is 0.114. The maximum Gasteiger partial charge on any atom is 0.305 e. The normalized spacial score (nSPS) is 12.2. The largest absolute Gasteiger partial charge is 0.466 e. The van der Waals surface area contributed by atoms with E-state index in [1.54, 1.807) is 7.11 Å². The van der Waals surface area contributed by atoms with Crippen molar-refractivity contribution in [2.75, 3.05) is 13.7 Å². The standard InChI is InChI=1S/C27H54O3/c1-4-5-6-7-8-9-10-11-12-13-14-15-16-17-18-19-20-21-22-23-27(28)30-25-24-26(2)29-3/h26H,4-25H2,1-3H3. The van der Waals surface area contributed by atoms with E-state index in [9.17, 15) is 4.79 Å². The third-order valence-corrected chi connectivity index (χ3v) is 6.17. The van der Waals surface area contributed by atoms with Gasteiger partial charge in [0.2, 0.25) is 0 Å². The van der Waals surface area contributed by atoms with E-state index in [-0.39, 0.29) is 12.1 Å². The van der Waals surface area contributed by atoms with Crippen molar-refractivity contribution in [2.45, 2.75) is 155 Å². The van der Waals surface area contributed by atoms with E-state index in [2.05, 4.69) is 6.92 Å². The van der Waals surface area contributed by atoms with Gasteiger partial charge in [-0.3, -0.25) is 4.79 Å². The summed E-state index contributed by atoms with van der Waals surface area (Å²) >= 11 is 0. The van der Waals surface area contributed by atoms with E-state index in [1.165, 1.54) is 109 Å². The molecule has 1 atom stereocenters. The van der Waals surface area contributed by atoms with Crippen molar-refractivity contribution in [1.82, 2.24) is 0 Å². The number of rotatable bonds is 24. The highest BCUT2D eigenvalue weighted by atomic mass is 16.5. The van der Waals surface area contributed by atoms with Gasteiger partial charge < -0.3 is 9.47 Å². The van der Waals surface area contributed by atoms with Crippen molar-refractivity contribution < 1.29 is 14.3 Å². The highest BCUT2D eigenvalue weighted by Gasteiger charge is 2.05. The minimum absolute atomic E-state index is 0.0507. The van der Waals surface area contributed by atoms with Crippen molar-refractivity contribution >= 4 is 5.97 Å². The zero-order valence-corrected chi connectivity index (χ0v) is 20.9. The van der Waals surface area contributed by atoms with E-state index in [0.29, 0.717) is 13.0 Å². The molecule has 0 aromatic carbocycles. The Bertz CT molecular complexity index is 343. The lowest BCUT2D eigenvalue weighted by molar-refractivity contribution is -0.144. The average Bonchev–Trinajstić information content (AvgIpc) is 2.75. The second-order valence-corrected chi connectivity index (χ2v) is 9.17. The van der Waals surface area contributed by atoms with Gasteiger partial charge in [-0.25, -0.2) is 0 Å². The summed E-state index contributed by atoms with van der Waals surface area (Å²) in [5.41, 5.74) is 0. The monoisotopic (exact) mass is 426 g/mol. The van der Waals surface area contributed by atoms with E-state index in [0.717, 1.165) is 19.3 Å². The van der Waals surface area contributed by atoms with Crippen molar-refractivity contribution in [3.8, 4) is 0 Å². The second kappa shape index (κ2) is 24.7. The number of methoxy groups -OCH3 is 1. The molecule has 180 valence electrons. The highest BCUT2D eigenvalue weighted by molar-refractivity contribution is 5.69. The summed E-state index contributed by atoms with van der Waals surface area (Å²) < 4.78 is 10.4. The molecule has 0 saturated carbocycles. The molecule has 0 rings (SSSR count). The third-order valence-electron chi connectivity index (χ3n) is 6.17. The van der Waals surface area contributed by atoms with Crippen molar-refractivity contribution in [3.63, 3.8) is 0 Å². The van der Waals surface area contributed by atoms with Gasteiger partial charge in [-0.05, 0) is 13.3 Å². The molecule has 0 aromatic heterocycles. The van der Waals surface area contributed by atoms with Crippen LogP contribution in [0.5, 0.6) is 0 Å². The first-order valence-corrected chi connectivity index (χ1v) is 13.4. The van der Waals surface area contributed by atoms with Gasteiger partial charge in [0.1, 0.15) is 0 Å². The molecule has 3 heteroatoms. The first-order valence-electron chi connectivity index (χ1n) is 13.4. The molecule has 0 spiro atoms. The molecular weight excluding hydrogens is 372 g/mol. The predicted molar refractivity (Wildman–Crippen MR) is 130 cm³/mol. The lowest BCUT2D eigenvalue weighted by Gasteiger charge is -2.09. The van der Waals surface area contributed by atoms with E-state index >= 15 is 0 Å². The van der Waals surface area contributed by atoms with Gasteiger partial charge in [-0.2, -0.15) is 0 Å². The van der Waals surface area contributed by atoms with Gasteiger partial charge in [0.15, 0.2) is 0 Å². The fraction of sp³-hybridized carbons (Fsp3) is 0.963. The van der Waals surface area contributed by atoms with Crippen LogP contribution in [0.25, 0.3) is 0 Å². The van der Waals surface area contributed by atoms with Gasteiger partial charge in [0.25, 0.3) is 0 Å². The summed E-state index contributed by atoms with van der Waals surface area (Å²) in [7, 11) is 1.69. The Hall–Kier alpha value is -0.570. The first-order chi connectivity index (χ1) is 14.7. The van der Waals surface area contributed by atoms with Gasteiger partial charge in [-0.15, -0.1) is 0 Å². The number of carbonyl (C=O) groups is 1. The van der Waals surface area contributed by atoms with Gasteiger partial charge in [-0.1, -0.05) is 122 Å². The van der Waals surface area contributed by atoms with Crippen LogP contribution in [0.4, 0.5) is 0 Å². The molecule has 0 aromatic rings. The van der Waals surface area contributed by atoms with E-state index in [1.807, 2.05) is 6.92 Å². The average molecular weight is 427 g/mol. The Morgan fingerprint density at radius 3 is 1.37 bits per heavy atom. The van der Waals surface area contributed by atoms with Crippen LogP contribution < -0.4 is 0 Å². The minimum Gasteiger partial charge on any atom is -0.466 e. The molecule has 0 radical (unpaired) electrons. The number of carbonyl (C=O) groups excluding carboxylic acids is 1. The maximum atomic E-state index is 11.6. The molecule has 0 fully saturated rings. The highest BCUT2D eigenvalue weighted by Crippen LogP contribution is 2.15. The Morgan fingerprint density at radius 2 is 1.00 bits per heavy atom. The number of ether oxygens (including phenoxy) is 2. The molecule has 3 nitrogen and oxygen atoms in total. The van der Waals surface area contributed by atoms with Crippen LogP contribution in [0, 0.1) is 0 Å². The molecule has 0 N–H and O–H groups in total. The lowest BCUT2D eigenvalue weighted by Crippen LogP contribution is -2.12. The van der Waals surface area contributed by atoms with Crippen LogP contribution in [-0.2, 0) is 14.3 Å². The molecule has 30 heavy (non-hydrogen) atoms. The third kappa shape index (κ3) is 23.7. The van der Waals surface area contributed by atoms with Crippen LogP contribution in [0.15, 0.2) is 0 Å². The van der Waals surface area contributed by atoms with E-state index < -0.39 is 0 Å². The second-order valence-electron chi connectivity index (χ2n) is 9.17. The van der Waals surface area contributed by atoms with Gasteiger partial charge >= 0.3 is 5.97 Å². The molecular formula is C27H54O3. The number of hydrogen-bond donors (Lipinski definition) is 0. The number of hydrogen-bond acceptors (Lipinski definition) is 3. The van der Waals surface area contributed by atoms with Crippen molar-refractivity contribution in [1.29, 1.82) is 0 Å². The maximum absolute atomic E-state index is 11.6. The number of unbranched alkanes of at least 4 members (excludes halogenated alkanes) is 18. The summed E-state index contributed by atoms with van der Waals surface area (Å²) in [4.78, 5) is 11.6. The van der Waals surface area contributed by atoms with Gasteiger partial charge in [0, 0.05) is 20.0 Å². The van der Waals surface area contributed by atoms with Gasteiger partial charge in [0.05, 0.1) is 12.7 Å². The molecule has 0 bridgehead atoms. The van der Waals surface area contributed by atoms with Crippen LogP contribution in [0.3, 0.4) is 0 Å². The summed E-state index contributed by atoms with van der Waals surface area (Å²) in [6.45, 7) is 4.76. The first kappa shape index (κ1) is 29.4. The Kier molecular flexibility index (Phi) is 24.2. The fourth-order valence-corrected chi connectivity index (χ4v) is 3.88. The lowest BCUT2D eigenvalue weighted by atomic mass is 10.0. The Labute approximate surface area is 189 Å². The van der Waals surface area contributed by atoms with E-state index in [4.69, 9.17) is 9.47 Å². The molecule has 0 amide bonds. The molecule has 0 heterocycles. The molecule has 0 aliphatic heterocycles. The number of esters is 1. The van der Waals surface area contributed by atoms with Crippen LogP contribution in [0.1, 0.15) is 149 Å². The fourth-order valence-electron chi connectivity index (χ4n) is 3.88. The summed E-state index contributed by atoms with van der Waals surface area (Å²) in [6.07, 6.45) is 27.6. The zero-order chi connectivity index (χ0) is 22.1. The van der Waals surface area contributed by atoms with Crippen LogP contribution in [0.2, 0.25) is 0 Å². The molecule has 0 aliphatic carbocycles. The van der Waals surface area contributed by atoms with Crippen molar-refractivity contribution in [3.05, 3.63) is 0 Å². The van der Waals surface area contributed by atoms with Crippen molar-refractivity contribution in [2.24, 2.45) is 0 Å². The topological polar surface area (TPSA) is 35.5 Å². The minimum atomic E-state index is -0.0507. The molecule has 0 aliphatic rings. The van der Waals surface area contributed by atoms with Crippen LogP contribution >= 0.6 is 0 Å². The SMILES string of the molecule is CCCCCCCCCCCCCCCCCCCCCC(=O)OCCC(C)OC. The smallest absolute Gasteiger partial charge is 0.305 e. The Balaban J connectivity index is 3.12. The zero-order valence-electron chi connectivity index (χ0n) is 20.9. The predicted octanol–water partition coefficient (Wildman–Crippen LogP) is 8.78. The summed E-state index contributed by atoms with van der Waals surface area (Å²) in [6, 6.07) is 0. The summed E-state index contributed by atoms with van der Waals surface area (Å²) in [5.74, 6) is -0.0507. The summed E-state index contributed by atoms with van der Waals surface area (Å²) in [5, 5.41) is 0. The molecule has 0 saturated heterocycles. The molecule has 1 unspecified atom stereocenters. The van der Waals surface area contributed by atoms with Crippen LogP contribution in [-0.4, -0.2) is 25.8 Å².